The zero-order valence-electron chi connectivity index (χ0n) is 20.6. The Kier molecular flexibility index (Phi) is 7.87. The molecular formula is C28H35N5O2. The molecule has 1 amide bonds. The van der Waals surface area contributed by atoms with E-state index in [1.54, 1.807) is 0 Å². The molecule has 2 aromatic carbocycles. The second-order valence-electron chi connectivity index (χ2n) is 9.19. The lowest BCUT2D eigenvalue weighted by atomic mass is 9.96. The number of aryl methyl sites for hydroxylation is 1. The number of rotatable bonds is 8. The molecule has 7 heteroatoms. The normalized spacial score (nSPS) is 14.6. The first-order valence-electron chi connectivity index (χ1n) is 12.3. The predicted octanol–water partition coefficient (Wildman–Crippen LogP) is 4.26. The van der Waals surface area contributed by atoms with Gasteiger partial charge in [0, 0.05) is 13.1 Å². The van der Waals surface area contributed by atoms with Gasteiger partial charge in [0.2, 0.25) is 5.88 Å². The van der Waals surface area contributed by atoms with Crippen LogP contribution in [-0.2, 0) is 6.54 Å². The molecule has 1 saturated heterocycles. The summed E-state index contributed by atoms with van der Waals surface area (Å²) in [6.45, 7) is 7.97. The number of pyridine rings is 1. The van der Waals surface area contributed by atoms with Crippen LogP contribution in [0, 0.1) is 12.8 Å². The number of amides is 1. The molecule has 35 heavy (non-hydrogen) atoms. The van der Waals surface area contributed by atoms with Crippen LogP contribution < -0.4 is 21.5 Å². The molecule has 0 atom stereocenters. The zero-order valence-corrected chi connectivity index (χ0v) is 20.6. The van der Waals surface area contributed by atoms with E-state index in [0.29, 0.717) is 24.8 Å². The van der Waals surface area contributed by atoms with E-state index in [1.165, 1.54) is 28.3 Å². The SMILES string of the molecule is CCOc1nc(C(=O)NCC2CCN(Cc3ccc(-c4ccccc4C)cc3)CC2)cc(N)c1N. The maximum absolute atomic E-state index is 12.6. The van der Waals surface area contributed by atoms with Crippen molar-refractivity contribution < 1.29 is 9.53 Å². The third-order valence-electron chi connectivity index (χ3n) is 6.64. The number of anilines is 2. The molecule has 5 N–H and O–H groups in total. The standard InChI is InChI=1S/C28H35N5O2/c1-3-35-28-26(30)24(29)16-25(32-28)27(34)31-17-20-12-14-33(15-13-20)18-21-8-10-22(11-9-21)23-7-5-4-6-19(23)2/h4-11,16,20H,3,12-15,17-18,30H2,1-2H3,(H2,29,32)(H,31,34). The Morgan fingerprint density at radius 3 is 2.51 bits per heavy atom. The number of hydrogen-bond donors (Lipinski definition) is 3. The molecule has 0 saturated carbocycles. The highest BCUT2D eigenvalue weighted by Gasteiger charge is 2.21. The Bertz CT molecular complexity index is 1150. The number of ether oxygens (including phenoxy) is 1. The summed E-state index contributed by atoms with van der Waals surface area (Å²) >= 11 is 0. The van der Waals surface area contributed by atoms with Crippen LogP contribution in [0.3, 0.4) is 0 Å². The molecule has 0 bridgehead atoms. The van der Waals surface area contributed by atoms with Gasteiger partial charge in [0.1, 0.15) is 11.4 Å². The van der Waals surface area contributed by atoms with Crippen molar-refractivity contribution in [3.05, 3.63) is 71.4 Å². The van der Waals surface area contributed by atoms with Crippen LogP contribution in [0.2, 0.25) is 0 Å². The summed E-state index contributed by atoms with van der Waals surface area (Å²) in [5.74, 6) is 0.392. The Morgan fingerprint density at radius 1 is 1.11 bits per heavy atom. The van der Waals surface area contributed by atoms with Crippen molar-refractivity contribution in [3.8, 4) is 17.0 Å². The molecule has 0 aliphatic carbocycles. The van der Waals surface area contributed by atoms with Gasteiger partial charge in [-0.3, -0.25) is 9.69 Å². The first-order valence-corrected chi connectivity index (χ1v) is 12.3. The van der Waals surface area contributed by atoms with Gasteiger partial charge in [0.05, 0.1) is 12.3 Å². The molecule has 1 aliphatic rings. The second-order valence-corrected chi connectivity index (χ2v) is 9.19. The average molecular weight is 474 g/mol. The molecule has 0 radical (unpaired) electrons. The molecule has 0 unspecified atom stereocenters. The quantitative estimate of drug-likeness (QED) is 0.451. The van der Waals surface area contributed by atoms with E-state index in [9.17, 15) is 4.79 Å². The third kappa shape index (κ3) is 6.11. The number of aromatic nitrogens is 1. The van der Waals surface area contributed by atoms with Crippen molar-refractivity contribution in [2.75, 3.05) is 37.7 Å². The van der Waals surface area contributed by atoms with Gasteiger partial charge in [0.15, 0.2) is 0 Å². The molecule has 3 aromatic rings. The van der Waals surface area contributed by atoms with Gasteiger partial charge in [-0.1, -0.05) is 48.5 Å². The highest BCUT2D eigenvalue weighted by Crippen LogP contribution is 2.27. The molecule has 184 valence electrons. The summed E-state index contributed by atoms with van der Waals surface area (Å²) in [5, 5.41) is 3.00. The van der Waals surface area contributed by atoms with Crippen molar-refractivity contribution in [2.24, 2.45) is 5.92 Å². The van der Waals surface area contributed by atoms with Crippen molar-refractivity contribution in [3.63, 3.8) is 0 Å². The predicted molar refractivity (Wildman–Crippen MR) is 141 cm³/mol. The summed E-state index contributed by atoms with van der Waals surface area (Å²) in [7, 11) is 0. The maximum Gasteiger partial charge on any atom is 0.270 e. The highest BCUT2D eigenvalue weighted by molar-refractivity contribution is 5.94. The Hall–Kier alpha value is -3.58. The first-order chi connectivity index (χ1) is 16.9. The minimum absolute atomic E-state index is 0.206. The van der Waals surface area contributed by atoms with Crippen LogP contribution in [0.1, 0.15) is 41.4 Å². The first kappa shape index (κ1) is 24.5. The van der Waals surface area contributed by atoms with Crippen LogP contribution in [0.25, 0.3) is 11.1 Å². The lowest BCUT2D eigenvalue weighted by Crippen LogP contribution is -2.38. The summed E-state index contributed by atoms with van der Waals surface area (Å²) in [6.07, 6.45) is 2.09. The van der Waals surface area contributed by atoms with Gasteiger partial charge in [0.25, 0.3) is 5.91 Å². The summed E-state index contributed by atoms with van der Waals surface area (Å²) in [6, 6.07) is 18.9. The van der Waals surface area contributed by atoms with E-state index in [-0.39, 0.29) is 23.2 Å². The molecule has 1 fully saturated rings. The molecule has 1 aromatic heterocycles. The molecule has 4 rings (SSSR count). The number of nitrogen functional groups attached to an aromatic ring is 2. The maximum atomic E-state index is 12.6. The van der Waals surface area contributed by atoms with Crippen molar-refractivity contribution in [1.82, 2.24) is 15.2 Å². The Labute approximate surface area is 207 Å². The van der Waals surface area contributed by atoms with Gasteiger partial charge in [-0.2, -0.15) is 0 Å². The number of benzene rings is 2. The lowest BCUT2D eigenvalue weighted by Gasteiger charge is -2.32. The zero-order chi connectivity index (χ0) is 24.8. The number of piperidine rings is 1. The lowest BCUT2D eigenvalue weighted by molar-refractivity contribution is 0.0929. The number of hydrogen-bond acceptors (Lipinski definition) is 6. The van der Waals surface area contributed by atoms with E-state index in [0.717, 1.165) is 32.5 Å². The Morgan fingerprint density at radius 2 is 1.83 bits per heavy atom. The fraction of sp³-hybridized carbons (Fsp3) is 0.357. The largest absolute Gasteiger partial charge is 0.476 e. The van der Waals surface area contributed by atoms with Crippen LogP contribution in [0.15, 0.2) is 54.6 Å². The third-order valence-corrected chi connectivity index (χ3v) is 6.64. The number of carbonyl (C=O) groups excluding carboxylic acids is 1. The van der Waals surface area contributed by atoms with Gasteiger partial charge in [-0.15, -0.1) is 0 Å². The van der Waals surface area contributed by atoms with E-state index < -0.39 is 0 Å². The smallest absolute Gasteiger partial charge is 0.270 e. The number of carbonyl (C=O) groups is 1. The van der Waals surface area contributed by atoms with Crippen molar-refractivity contribution >= 4 is 17.3 Å². The van der Waals surface area contributed by atoms with Gasteiger partial charge >= 0.3 is 0 Å². The van der Waals surface area contributed by atoms with Crippen LogP contribution >= 0.6 is 0 Å². The summed E-state index contributed by atoms with van der Waals surface area (Å²) in [4.78, 5) is 19.3. The molecular weight excluding hydrogens is 438 g/mol. The topological polar surface area (TPSA) is 106 Å². The summed E-state index contributed by atoms with van der Waals surface area (Å²) < 4.78 is 5.40. The minimum Gasteiger partial charge on any atom is -0.476 e. The van der Waals surface area contributed by atoms with E-state index in [2.05, 4.69) is 70.7 Å². The van der Waals surface area contributed by atoms with Crippen LogP contribution in [0.5, 0.6) is 5.88 Å². The summed E-state index contributed by atoms with van der Waals surface area (Å²) in [5.41, 5.74) is 17.8. The molecule has 0 spiro atoms. The monoisotopic (exact) mass is 473 g/mol. The number of nitrogens with two attached hydrogens (primary N) is 2. The number of nitrogens with zero attached hydrogens (tertiary/aromatic N) is 2. The molecule has 2 heterocycles. The van der Waals surface area contributed by atoms with E-state index >= 15 is 0 Å². The van der Waals surface area contributed by atoms with Gasteiger partial charge < -0.3 is 21.5 Å². The fourth-order valence-corrected chi connectivity index (χ4v) is 4.53. The van der Waals surface area contributed by atoms with Gasteiger partial charge in [-0.25, -0.2) is 4.98 Å². The van der Waals surface area contributed by atoms with Gasteiger partial charge in [-0.05, 0) is 74.0 Å². The van der Waals surface area contributed by atoms with Crippen LogP contribution in [0.4, 0.5) is 11.4 Å². The van der Waals surface area contributed by atoms with Crippen molar-refractivity contribution in [2.45, 2.75) is 33.2 Å². The second kappa shape index (κ2) is 11.2. The molecule has 7 nitrogen and oxygen atoms in total. The highest BCUT2D eigenvalue weighted by atomic mass is 16.5. The average Bonchev–Trinajstić information content (AvgIpc) is 2.87. The number of likely N-dealkylation sites (tertiary alicyclic amines) is 1. The minimum atomic E-state index is -0.256. The van der Waals surface area contributed by atoms with Crippen LogP contribution in [-0.4, -0.2) is 42.0 Å². The van der Waals surface area contributed by atoms with E-state index in [4.69, 9.17) is 16.2 Å². The number of nitrogens with one attached hydrogen (secondary N) is 1. The fourth-order valence-electron chi connectivity index (χ4n) is 4.53. The van der Waals surface area contributed by atoms with Crippen molar-refractivity contribution in [1.29, 1.82) is 0 Å². The van der Waals surface area contributed by atoms with E-state index in [1.807, 2.05) is 6.92 Å². The Balaban J connectivity index is 1.25. The molecule has 1 aliphatic heterocycles.